The molecular formula is C19H26FNO3. The molecular weight excluding hydrogens is 309 g/mol. The molecule has 2 unspecified atom stereocenters. The van der Waals surface area contributed by atoms with Crippen LogP contribution in [-0.4, -0.2) is 32.8 Å². The molecule has 0 spiro atoms. The number of carbonyl (C=O) groups is 1. The lowest BCUT2D eigenvalue weighted by molar-refractivity contribution is -0.139. The highest BCUT2D eigenvalue weighted by Gasteiger charge is 2.42. The lowest BCUT2D eigenvalue weighted by Crippen LogP contribution is -2.29. The molecule has 1 aliphatic heterocycles. The molecule has 2 fully saturated rings. The van der Waals surface area contributed by atoms with Crippen LogP contribution in [-0.2, 0) is 16.0 Å². The molecule has 1 saturated heterocycles. The molecule has 1 N–H and O–H groups in total. The first kappa shape index (κ1) is 17.2. The Balaban J connectivity index is 1.41. The van der Waals surface area contributed by atoms with Crippen LogP contribution in [0.4, 0.5) is 4.39 Å². The first-order chi connectivity index (χ1) is 11.7. The number of esters is 1. The number of hydrogen-bond donors (Lipinski definition) is 1. The second-order valence-corrected chi connectivity index (χ2v) is 6.89. The molecule has 1 aromatic rings. The van der Waals surface area contributed by atoms with Gasteiger partial charge in [0.15, 0.2) is 0 Å². The molecule has 0 radical (unpaired) electrons. The molecule has 3 rings (SSSR count). The molecule has 2 aliphatic rings. The van der Waals surface area contributed by atoms with Crippen molar-refractivity contribution in [2.24, 2.45) is 17.8 Å². The predicted molar refractivity (Wildman–Crippen MR) is 89.4 cm³/mol. The van der Waals surface area contributed by atoms with Gasteiger partial charge in [0.25, 0.3) is 0 Å². The highest BCUT2D eigenvalue weighted by molar-refractivity contribution is 5.72. The summed E-state index contributed by atoms with van der Waals surface area (Å²) >= 11 is 0. The summed E-state index contributed by atoms with van der Waals surface area (Å²) in [6.45, 7) is 2.94. The van der Waals surface area contributed by atoms with Crippen LogP contribution in [0.15, 0.2) is 18.2 Å². The van der Waals surface area contributed by atoms with Crippen molar-refractivity contribution in [2.75, 3.05) is 26.8 Å². The first-order valence-corrected chi connectivity index (χ1v) is 8.86. The summed E-state index contributed by atoms with van der Waals surface area (Å²) in [5.41, 5.74) is 0.336. The van der Waals surface area contributed by atoms with E-state index in [1.165, 1.54) is 32.4 Å². The molecule has 1 saturated carbocycles. The second-order valence-electron chi connectivity index (χ2n) is 6.89. The van der Waals surface area contributed by atoms with Gasteiger partial charge in [-0.2, -0.15) is 0 Å². The molecule has 1 aromatic carbocycles. The van der Waals surface area contributed by atoms with E-state index < -0.39 is 11.8 Å². The predicted octanol–water partition coefficient (Wildman–Crippen LogP) is 2.95. The number of carbonyl (C=O) groups excluding carboxylic acids is 1. The van der Waals surface area contributed by atoms with Gasteiger partial charge in [0.05, 0.1) is 20.1 Å². The maximum absolute atomic E-state index is 14.0. The molecule has 0 aromatic heterocycles. The lowest BCUT2D eigenvalue weighted by atomic mass is 9.91. The maximum atomic E-state index is 14.0. The van der Waals surface area contributed by atoms with E-state index in [0.717, 1.165) is 37.3 Å². The molecule has 5 heteroatoms. The lowest BCUT2D eigenvalue weighted by Gasteiger charge is -2.22. The molecule has 4 nitrogen and oxygen atoms in total. The van der Waals surface area contributed by atoms with Crippen LogP contribution in [0.5, 0.6) is 5.75 Å². The second kappa shape index (κ2) is 7.97. The van der Waals surface area contributed by atoms with Gasteiger partial charge in [-0.3, -0.25) is 4.79 Å². The monoisotopic (exact) mass is 335 g/mol. The number of hydrogen-bond acceptors (Lipinski definition) is 4. The number of piperidine rings is 1. The van der Waals surface area contributed by atoms with E-state index in [1.54, 1.807) is 12.1 Å². The van der Waals surface area contributed by atoms with Gasteiger partial charge in [-0.05, 0) is 68.2 Å². The van der Waals surface area contributed by atoms with Crippen LogP contribution in [0.1, 0.15) is 31.2 Å². The minimum Gasteiger partial charge on any atom is -0.493 e. The number of halogens is 1. The van der Waals surface area contributed by atoms with Gasteiger partial charge in [0.2, 0.25) is 0 Å². The average Bonchev–Trinajstić information content (AvgIpc) is 3.37. The largest absolute Gasteiger partial charge is 0.493 e. The van der Waals surface area contributed by atoms with Crippen LogP contribution < -0.4 is 10.1 Å². The van der Waals surface area contributed by atoms with Crippen LogP contribution in [0.25, 0.3) is 0 Å². The zero-order valence-corrected chi connectivity index (χ0v) is 14.2. The van der Waals surface area contributed by atoms with Gasteiger partial charge < -0.3 is 14.8 Å². The third kappa shape index (κ3) is 4.47. The Bertz CT molecular complexity index is 572. The van der Waals surface area contributed by atoms with Crippen molar-refractivity contribution < 1.29 is 18.7 Å². The zero-order chi connectivity index (χ0) is 16.9. The topological polar surface area (TPSA) is 47.6 Å². The van der Waals surface area contributed by atoms with Gasteiger partial charge in [-0.15, -0.1) is 0 Å². The molecule has 2 atom stereocenters. The Kier molecular flexibility index (Phi) is 5.72. The molecule has 0 amide bonds. The number of ether oxygens (including phenoxy) is 2. The Labute approximate surface area is 142 Å². The van der Waals surface area contributed by atoms with Crippen LogP contribution >= 0.6 is 0 Å². The quantitative estimate of drug-likeness (QED) is 0.778. The van der Waals surface area contributed by atoms with Crippen molar-refractivity contribution in [3.8, 4) is 5.75 Å². The first-order valence-electron chi connectivity index (χ1n) is 8.86. The van der Waals surface area contributed by atoms with E-state index in [0.29, 0.717) is 17.9 Å². The number of rotatable bonds is 7. The fourth-order valence-corrected chi connectivity index (χ4v) is 3.77. The van der Waals surface area contributed by atoms with E-state index in [-0.39, 0.29) is 6.42 Å². The van der Waals surface area contributed by atoms with Crippen molar-refractivity contribution in [1.29, 1.82) is 0 Å². The Morgan fingerprint density at radius 1 is 1.33 bits per heavy atom. The molecule has 24 heavy (non-hydrogen) atoms. The molecule has 1 heterocycles. The highest BCUT2D eigenvalue weighted by atomic mass is 19.1. The normalized spacial score (nSPS) is 23.8. The van der Waals surface area contributed by atoms with E-state index >= 15 is 0 Å². The number of methoxy groups -OCH3 is 1. The van der Waals surface area contributed by atoms with E-state index in [9.17, 15) is 9.18 Å². The van der Waals surface area contributed by atoms with Crippen LogP contribution in [0.2, 0.25) is 0 Å². The van der Waals surface area contributed by atoms with Crippen LogP contribution in [0, 0.1) is 23.6 Å². The summed E-state index contributed by atoms with van der Waals surface area (Å²) in [5.74, 6) is 2.19. The van der Waals surface area contributed by atoms with Crippen molar-refractivity contribution in [2.45, 2.75) is 32.1 Å². The summed E-state index contributed by atoms with van der Waals surface area (Å²) in [6, 6.07) is 4.67. The van der Waals surface area contributed by atoms with Crippen molar-refractivity contribution in [3.63, 3.8) is 0 Å². The van der Waals surface area contributed by atoms with Crippen LogP contribution in [0.3, 0.4) is 0 Å². The Morgan fingerprint density at radius 2 is 2.12 bits per heavy atom. The van der Waals surface area contributed by atoms with Crippen molar-refractivity contribution in [3.05, 3.63) is 29.6 Å². The summed E-state index contributed by atoms with van der Waals surface area (Å²) in [5, 5.41) is 3.41. The van der Waals surface area contributed by atoms with E-state index in [1.807, 2.05) is 0 Å². The van der Waals surface area contributed by atoms with E-state index in [4.69, 9.17) is 4.74 Å². The Morgan fingerprint density at radius 3 is 2.83 bits per heavy atom. The van der Waals surface area contributed by atoms with Crippen molar-refractivity contribution >= 4 is 5.97 Å². The fourth-order valence-electron chi connectivity index (χ4n) is 3.77. The smallest absolute Gasteiger partial charge is 0.310 e. The van der Waals surface area contributed by atoms with Gasteiger partial charge in [-0.1, -0.05) is 6.07 Å². The molecule has 0 bridgehead atoms. The van der Waals surface area contributed by atoms with Gasteiger partial charge in [0, 0.05) is 6.07 Å². The maximum Gasteiger partial charge on any atom is 0.310 e. The third-order valence-electron chi connectivity index (χ3n) is 5.31. The standard InChI is InChI=1S/C19H26FNO3/c1-23-19(22)11-15-2-3-16(12-18(15)20)24-9-6-14-10-17(14)13-4-7-21-8-5-13/h2-3,12-14,17,21H,4-11H2,1H3. The Hall–Kier alpha value is -1.62. The summed E-state index contributed by atoms with van der Waals surface area (Å²) in [7, 11) is 1.30. The average molecular weight is 335 g/mol. The fraction of sp³-hybridized carbons (Fsp3) is 0.632. The number of nitrogens with one attached hydrogen (secondary N) is 1. The SMILES string of the molecule is COC(=O)Cc1ccc(OCCC2CC2C2CCNCC2)cc1F. The zero-order valence-electron chi connectivity index (χ0n) is 14.2. The summed E-state index contributed by atoms with van der Waals surface area (Å²) in [4.78, 5) is 11.2. The third-order valence-corrected chi connectivity index (χ3v) is 5.31. The molecule has 132 valence electrons. The van der Waals surface area contributed by atoms with E-state index in [2.05, 4.69) is 10.1 Å². The van der Waals surface area contributed by atoms with Gasteiger partial charge in [-0.25, -0.2) is 4.39 Å². The minimum atomic E-state index is -0.444. The van der Waals surface area contributed by atoms with Crippen molar-refractivity contribution in [1.82, 2.24) is 5.32 Å². The van der Waals surface area contributed by atoms with Gasteiger partial charge >= 0.3 is 5.97 Å². The number of benzene rings is 1. The highest BCUT2D eigenvalue weighted by Crippen LogP contribution is 2.49. The van der Waals surface area contributed by atoms with Gasteiger partial charge in [0.1, 0.15) is 11.6 Å². The summed E-state index contributed by atoms with van der Waals surface area (Å²) < 4.78 is 24.2. The minimum absolute atomic E-state index is 0.0530. The molecule has 1 aliphatic carbocycles. The summed E-state index contributed by atoms with van der Waals surface area (Å²) in [6.07, 6.45) is 4.91.